The molecule has 1 saturated heterocycles. The summed E-state index contributed by atoms with van der Waals surface area (Å²) in [4.78, 5) is 29.9. The molecule has 0 amide bonds. The Bertz CT molecular complexity index is 1160. The molecule has 1 aromatic carbocycles. The van der Waals surface area contributed by atoms with Gasteiger partial charge in [0.05, 0.1) is 22.0 Å². The number of rotatable bonds is 8. The largest absolute Gasteiger partial charge is 0.439 e. The second kappa shape index (κ2) is 11.2. The van der Waals surface area contributed by atoms with Gasteiger partial charge in [-0.3, -0.25) is 10.1 Å². The van der Waals surface area contributed by atoms with Crippen molar-refractivity contribution in [1.29, 1.82) is 0 Å². The topological polar surface area (TPSA) is 132 Å². The van der Waals surface area contributed by atoms with Crippen LogP contribution in [0.5, 0.6) is 11.6 Å². The molecule has 0 spiro atoms. The second-order valence-corrected chi connectivity index (χ2v) is 8.68. The van der Waals surface area contributed by atoms with E-state index in [1.165, 1.54) is 18.5 Å². The summed E-state index contributed by atoms with van der Waals surface area (Å²) < 4.78 is 5.85. The van der Waals surface area contributed by atoms with Crippen LogP contribution < -0.4 is 15.4 Å². The van der Waals surface area contributed by atoms with Crippen LogP contribution >= 0.6 is 11.8 Å². The standard InChI is InChI=1S/C23H23N7O3S/c24-15-25-16-27-17-4-6-18(7-5-17)33-21-9-8-20(30(31)32)23(28-21)29-13-10-19(11-14-29)34-22-3-1-2-12-26-22/h1-9,12,15-16,19H,10-11,13-14H2,(H2,24,25,27). The Morgan fingerprint density at radius 2 is 1.94 bits per heavy atom. The van der Waals surface area contributed by atoms with E-state index < -0.39 is 4.92 Å². The molecule has 1 fully saturated rings. The zero-order chi connectivity index (χ0) is 23.8. The van der Waals surface area contributed by atoms with Gasteiger partial charge in [-0.25, -0.2) is 15.0 Å². The summed E-state index contributed by atoms with van der Waals surface area (Å²) >= 11 is 1.74. The van der Waals surface area contributed by atoms with E-state index in [1.807, 2.05) is 23.1 Å². The fourth-order valence-electron chi connectivity index (χ4n) is 3.49. The second-order valence-electron chi connectivity index (χ2n) is 7.36. The molecule has 11 heteroatoms. The summed E-state index contributed by atoms with van der Waals surface area (Å²) in [6, 6.07) is 15.8. The molecular formula is C23H23N7O3S. The Morgan fingerprint density at radius 3 is 2.62 bits per heavy atom. The summed E-state index contributed by atoms with van der Waals surface area (Å²) in [5.74, 6) is 1.15. The van der Waals surface area contributed by atoms with E-state index in [0.29, 0.717) is 35.6 Å². The minimum absolute atomic E-state index is 0.0340. The molecule has 174 valence electrons. The SMILES string of the molecule is NC=NC=Nc1ccc(Oc2ccc([N+](=O)[O-])c(N3CCC(Sc4ccccn4)CC3)n2)cc1. The number of hydrogen-bond acceptors (Lipinski definition) is 8. The molecule has 0 bridgehead atoms. The maximum atomic E-state index is 11.6. The van der Waals surface area contributed by atoms with Crippen molar-refractivity contribution in [2.24, 2.45) is 15.7 Å². The van der Waals surface area contributed by atoms with Gasteiger partial charge in [0.2, 0.25) is 11.7 Å². The van der Waals surface area contributed by atoms with Gasteiger partial charge in [0.25, 0.3) is 0 Å². The van der Waals surface area contributed by atoms with Crippen molar-refractivity contribution >= 4 is 41.6 Å². The highest BCUT2D eigenvalue weighted by Crippen LogP contribution is 2.35. The lowest BCUT2D eigenvalue weighted by Gasteiger charge is -2.32. The molecule has 3 aromatic rings. The first-order valence-electron chi connectivity index (χ1n) is 10.6. The fraction of sp³-hybridized carbons (Fsp3) is 0.217. The van der Waals surface area contributed by atoms with Crippen molar-refractivity contribution in [3.63, 3.8) is 0 Å². The third kappa shape index (κ3) is 6.07. The van der Waals surface area contributed by atoms with Gasteiger partial charge >= 0.3 is 5.69 Å². The Kier molecular flexibility index (Phi) is 7.66. The van der Waals surface area contributed by atoms with E-state index in [4.69, 9.17) is 10.5 Å². The molecule has 0 unspecified atom stereocenters. The molecule has 10 nitrogen and oxygen atoms in total. The van der Waals surface area contributed by atoms with Crippen molar-refractivity contribution in [2.45, 2.75) is 23.1 Å². The summed E-state index contributed by atoms with van der Waals surface area (Å²) in [5, 5.41) is 13.0. The number of pyridine rings is 2. The van der Waals surface area contributed by atoms with Gasteiger partial charge in [0.15, 0.2) is 0 Å². The van der Waals surface area contributed by atoms with Crippen LogP contribution in [0, 0.1) is 10.1 Å². The quantitative estimate of drug-likeness (QED) is 0.216. The van der Waals surface area contributed by atoms with Crippen molar-refractivity contribution in [1.82, 2.24) is 9.97 Å². The predicted octanol–water partition coefficient (Wildman–Crippen LogP) is 4.59. The number of nitrogens with zero attached hydrogens (tertiary/aromatic N) is 6. The number of aromatic nitrogens is 2. The van der Waals surface area contributed by atoms with Crippen LogP contribution in [0.25, 0.3) is 0 Å². The molecule has 2 aromatic heterocycles. The average molecular weight is 478 g/mol. The number of anilines is 1. The molecule has 0 aliphatic carbocycles. The highest BCUT2D eigenvalue weighted by atomic mass is 32.2. The lowest BCUT2D eigenvalue weighted by molar-refractivity contribution is -0.384. The van der Waals surface area contributed by atoms with Crippen molar-refractivity contribution in [3.8, 4) is 11.6 Å². The van der Waals surface area contributed by atoms with Crippen LogP contribution in [-0.2, 0) is 0 Å². The summed E-state index contributed by atoms with van der Waals surface area (Å²) in [6.45, 7) is 1.33. The normalized spacial score (nSPS) is 14.6. The smallest absolute Gasteiger partial charge is 0.311 e. The Balaban J connectivity index is 1.44. The van der Waals surface area contributed by atoms with Crippen LogP contribution in [0.2, 0.25) is 0 Å². The van der Waals surface area contributed by atoms with E-state index >= 15 is 0 Å². The van der Waals surface area contributed by atoms with E-state index in [1.54, 1.807) is 42.2 Å². The molecule has 3 heterocycles. The van der Waals surface area contributed by atoms with Crippen molar-refractivity contribution in [3.05, 3.63) is 70.9 Å². The van der Waals surface area contributed by atoms with Crippen LogP contribution in [0.4, 0.5) is 17.2 Å². The van der Waals surface area contributed by atoms with E-state index in [2.05, 4.69) is 20.0 Å². The number of thioether (sulfide) groups is 1. The highest BCUT2D eigenvalue weighted by Gasteiger charge is 2.27. The fourth-order valence-corrected chi connectivity index (χ4v) is 4.56. The summed E-state index contributed by atoms with van der Waals surface area (Å²) in [5.41, 5.74) is 5.83. The average Bonchev–Trinajstić information content (AvgIpc) is 2.86. The van der Waals surface area contributed by atoms with Crippen molar-refractivity contribution < 1.29 is 9.66 Å². The first-order chi connectivity index (χ1) is 16.6. The van der Waals surface area contributed by atoms with Crippen LogP contribution in [0.15, 0.2) is 75.8 Å². The zero-order valence-electron chi connectivity index (χ0n) is 18.2. The first-order valence-corrected chi connectivity index (χ1v) is 11.5. The van der Waals surface area contributed by atoms with Crippen LogP contribution in [0.3, 0.4) is 0 Å². The highest BCUT2D eigenvalue weighted by molar-refractivity contribution is 7.99. The third-order valence-corrected chi connectivity index (χ3v) is 6.40. The minimum atomic E-state index is -0.405. The lowest BCUT2D eigenvalue weighted by Crippen LogP contribution is -2.35. The number of nitro groups is 1. The molecule has 1 aliphatic heterocycles. The molecule has 4 rings (SSSR count). The molecule has 0 radical (unpaired) electrons. The molecule has 1 aliphatic rings. The number of aliphatic imine (C=N–C) groups is 2. The Labute approximate surface area is 200 Å². The summed E-state index contributed by atoms with van der Waals surface area (Å²) in [7, 11) is 0. The van der Waals surface area contributed by atoms with Gasteiger partial charge in [-0.1, -0.05) is 6.07 Å². The first kappa shape index (κ1) is 23.2. The van der Waals surface area contributed by atoms with Gasteiger partial charge < -0.3 is 15.4 Å². The number of nitrogens with two attached hydrogens (primary N) is 1. The number of ether oxygens (including phenoxy) is 1. The molecular weight excluding hydrogens is 454 g/mol. The molecule has 2 N–H and O–H groups in total. The monoisotopic (exact) mass is 477 g/mol. The maximum Gasteiger partial charge on any atom is 0.311 e. The molecule has 0 saturated carbocycles. The van der Waals surface area contributed by atoms with Crippen molar-refractivity contribution in [2.75, 3.05) is 18.0 Å². The minimum Gasteiger partial charge on any atom is -0.439 e. The molecule has 34 heavy (non-hydrogen) atoms. The number of hydrogen-bond donors (Lipinski definition) is 1. The van der Waals surface area contributed by atoms with E-state index in [0.717, 1.165) is 24.2 Å². The van der Waals surface area contributed by atoms with Gasteiger partial charge in [-0.2, -0.15) is 4.98 Å². The number of piperidine rings is 1. The predicted molar refractivity (Wildman–Crippen MR) is 134 cm³/mol. The Hall–Kier alpha value is -3.99. The molecule has 0 atom stereocenters. The van der Waals surface area contributed by atoms with Gasteiger partial charge in [-0.05, 0) is 49.2 Å². The van der Waals surface area contributed by atoms with Crippen LogP contribution in [0.1, 0.15) is 12.8 Å². The lowest BCUT2D eigenvalue weighted by atomic mass is 10.1. The van der Waals surface area contributed by atoms with E-state index in [-0.39, 0.29) is 11.6 Å². The third-order valence-electron chi connectivity index (χ3n) is 5.11. The number of benzene rings is 1. The van der Waals surface area contributed by atoms with E-state index in [9.17, 15) is 10.1 Å². The maximum absolute atomic E-state index is 11.6. The zero-order valence-corrected chi connectivity index (χ0v) is 19.0. The summed E-state index contributed by atoms with van der Waals surface area (Å²) in [6.07, 6.45) is 6.04. The van der Waals surface area contributed by atoms with Crippen LogP contribution in [-0.4, -0.2) is 45.9 Å². The van der Waals surface area contributed by atoms with Gasteiger partial charge in [0.1, 0.15) is 12.1 Å². The van der Waals surface area contributed by atoms with Gasteiger partial charge in [-0.15, -0.1) is 11.8 Å². The van der Waals surface area contributed by atoms with Gasteiger partial charge in [0, 0.05) is 36.7 Å². The Morgan fingerprint density at radius 1 is 1.15 bits per heavy atom.